The van der Waals surface area contributed by atoms with Crippen molar-refractivity contribution in [2.75, 3.05) is 0 Å². The van der Waals surface area contributed by atoms with Gasteiger partial charge in [-0.05, 0) is 49.9 Å². The van der Waals surface area contributed by atoms with Crippen LogP contribution in [0.1, 0.15) is 35.6 Å². The third-order valence-corrected chi connectivity index (χ3v) is 3.98. The molecule has 0 fully saturated rings. The quantitative estimate of drug-likeness (QED) is 0.872. The number of hydrogen-bond donors (Lipinski definition) is 1. The smallest absolute Gasteiger partial charge is 0.261 e. The first kappa shape index (κ1) is 17.1. The molecule has 2 aromatic rings. The molecule has 3 heteroatoms. The van der Waals surface area contributed by atoms with Crippen LogP contribution in [0.5, 0.6) is 5.75 Å². The van der Waals surface area contributed by atoms with Gasteiger partial charge in [0.2, 0.25) is 0 Å². The number of ether oxygens (including phenoxy) is 1. The van der Waals surface area contributed by atoms with Crippen molar-refractivity contribution < 1.29 is 9.53 Å². The third kappa shape index (κ3) is 4.59. The molecule has 0 bridgehead atoms. The van der Waals surface area contributed by atoms with Crippen LogP contribution < -0.4 is 10.1 Å². The van der Waals surface area contributed by atoms with Crippen LogP contribution in [0.15, 0.2) is 42.5 Å². The lowest BCUT2D eigenvalue weighted by atomic mass is 10.1. The van der Waals surface area contributed by atoms with E-state index in [1.165, 1.54) is 11.1 Å². The van der Waals surface area contributed by atoms with E-state index in [2.05, 4.69) is 11.4 Å². The van der Waals surface area contributed by atoms with Crippen LogP contribution in [0.3, 0.4) is 0 Å². The highest BCUT2D eigenvalue weighted by Crippen LogP contribution is 2.21. The molecule has 122 valence electrons. The summed E-state index contributed by atoms with van der Waals surface area (Å²) in [5, 5.41) is 2.98. The van der Waals surface area contributed by atoms with Gasteiger partial charge in [-0.1, -0.05) is 48.9 Å². The van der Waals surface area contributed by atoms with Gasteiger partial charge >= 0.3 is 0 Å². The van der Waals surface area contributed by atoms with E-state index in [1.54, 1.807) is 0 Å². The van der Waals surface area contributed by atoms with Crippen LogP contribution >= 0.6 is 0 Å². The summed E-state index contributed by atoms with van der Waals surface area (Å²) in [5.41, 5.74) is 4.54. The molecule has 1 N–H and O–H groups in total. The maximum atomic E-state index is 12.4. The van der Waals surface area contributed by atoms with Crippen LogP contribution in [0, 0.1) is 20.8 Å². The van der Waals surface area contributed by atoms with Gasteiger partial charge < -0.3 is 10.1 Å². The fourth-order valence-corrected chi connectivity index (χ4v) is 2.51. The summed E-state index contributed by atoms with van der Waals surface area (Å²) in [7, 11) is 0. The average molecular weight is 311 g/mol. The zero-order valence-corrected chi connectivity index (χ0v) is 14.3. The molecule has 0 aliphatic heterocycles. The topological polar surface area (TPSA) is 38.3 Å². The third-order valence-electron chi connectivity index (χ3n) is 3.98. The first-order chi connectivity index (χ1) is 11.0. The zero-order valence-electron chi connectivity index (χ0n) is 14.3. The molecular formula is C20H25NO2. The van der Waals surface area contributed by atoms with Crippen LogP contribution in [0.4, 0.5) is 0 Å². The summed E-state index contributed by atoms with van der Waals surface area (Å²) in [4.78, 5) is 12.4. The van der Waals surface area contributed by atoms with Crippen molar-refractivity contribution >= 4 is 5.91 Å². The van der Waals surface area contributed by atoms with Gasteiger partial charge in [0.05, 0.1) is 0 Å². The fourth-order valence-electron chi connectivity index (χ4n) is 2.51. The van der Waals surface area contributed by atoms with Gasteiger partial charge in [0.15, 0.2) is 6.10 Å². The molecule has 1 atom stereocenters. The Bertz CT molecular complexity index is 679. The predicted octanol–water partition coefficient (Wildman–Crippen LogP) is 4.09. The molecule has 1 amide bonds. The van der Waals surface area contributed by atoms with Crippen molar-refractivity contribution in [1.29, 1.82) is 0 Å². The molecule has 23 heavy (non-hydrogen) atoms. The second-order valence-electron chi connectivity index (χ2n) is 5.93. The molecule has 0 aromatic heterocycles. The molecule has 0 saturated carbocycles. The van der Waals surface area contributed by atoms with Gasteiger partial charge in [0.1, 0.15) is 5.75 Å². The van der Waals surface area contributed by atoms with Crippen LogP contribution in [-0.2, 0) is 11.3 Å². The Balaban J connectivity index is 2.00. The zero-order chi connectivity index (χ0) is 16.8. The number of carbonyl (C=O) groups excluding carboxylic acids is 1. The van der Waals surface area contributed by atoms with E-state index in [0.29, 0.717) is 13.0 Å². The largest absolute Gasteiger partial charge is 0.480 e. The van der Waals surface area contributed by atoms with Crippen LogP contribution in [0.2, 0.25) is 0 Å². The maximum absolute atomic E-state index is 12.4. The Hall–Kier alpha value is -2.29. The van der Waals surface area contributed by atoms with Gasteiger partial charge in [-0.25, -0.2) is 0 Å². The lowest BCUT2D eigenvalue weighted by Crippen LogP contribution is -2.37. The van der Waals surface area contributed by atoms with E-state index in [0.717, 1.165) is 16.9 Å². The number of benzene rings is 2. The first-order valence-corrected chi connectivity index (χ1v) is 8.07. The van der Waals surface area contributed by atoms with E-state index in [9.17, 15) is 4.79 Å². The van der Waals surface area contributed by atoms with Crippen molar-refractivity contribution in [2.24, 2.45) is 0 Å². The van der Waals surface area contributed by atoms with Crippen LogP contribution in [-0.4, -0.2) is 12.0 Å². The first-order valence-electron chi connectivity index (χ1n) is 8.07. The highest BCUT2D eigenvalue weighted by Gasteiger charge is 2.19. The molecule has 0 saturated heterocycles. The number of rotatable bonds is 6. The Morgan fingerprint density at radius 1 is 1.09 bits per heavy atom. The highest BCUT2D eigenvalue weighted by atomic mass is 16.5. The minimum Gasteiger partial charge on any atom is -0.480 e. The minimum absolute atomic E-state index is 0.0734. The lowest BCUT2D eigenvalue weighted by molar-refractivity contribution is -0.128. The summed E-state index contributed by atoms with van der Waals surface area (Å²) in [6.45, 7) is 8.58. The standard InChI is InChI=1S/C20H25NO2/c1-5-18(23-19-11-10-14(2)12-16(19)4)20(22)21-13-17-9-7-6-8-15(17)3/h6-12,18H,5,13H2,1-4H3,(H,21,22). The normalized spacial score (nSPS) is 11.8. The van der Waals surface area contributed by atoms with E-state index in [-0.39, 0.29) is 5.91 Å². The second-order valence-corrected chi connectivity index (χ2v) is 5.93. The fraction of sp³-hybridized carbons (Fsp3) is 0.350. The molecule has 0 aliphatic carbocycles. The van der Waals surface area contributed by atoms with E-state index >= 15 is 0 Å². The number of nitrogens with one attached hydrogen (secondary N) is 1. The molecule has 0 radical (unpaired) electrons. The van der Waals surface area contributed by atoms with E-state index in [1.807, 2.05) is 64.1 Å². The van der Waals surface area contributed by atoms with Gasteiger partial charge in [0.25, 0.3) is 5.91 Å². The van der Waals surface area contributed by atoms with Crippen molar-refractivity contribution in [3.8, 4) is 5.75 Å². The van der Waals surface area contributed by atoms with Gasteiger partial charge in [-0.3, -0.25) is 4.79 Å². The Labute approximate surface area is 138 Å². The van der Waals surface area contributed by atoms with Gasteiger partial charge in [-0.15, -0.1) is 0 Å². The molecule has 0 aliphatic rings. The van der Waals surface area contributed by atoms with Gasteiger partial charge in [-0.2, -0.15) is 0 Å². The van der Waals surface area contributed by atoms with Gasteiger partial charge in [0, 0.05) is 6.54 Å². The number of aryl methyl sites for hydroxylation is 3. The Morgan fingerprint density at radius 3 is 2.48 bits per heavy atom. The summed E-state index contributed by atoms with van der Waals surface area (Å²) in [5.74, 6) is 0.698. The lowest BCUT2D eigenvalue weighted by Gasteiger charge is -2.19. The minimum atomic E-state index is -0.472. The predicted molar refractivity (Wildman–Crippen MR) is 93.6 cm³/mol. The van der Waals surface area contributed by atoms with Crippen molar-refractivity contribution in [3.05, 3.63) is 64.7 Å². The molecule has 3 nitrogen and oxygen atoms in total. The van der Waals surface area contributed by atoms with Crippen molar-refractivity contribution in [1.82, 2.24) is 5.32 Å². The molecule has 1 unspecified atom stereocenters. The SMILES string of the molecule is CCC(Oc1ccc(C)cc1C)C(=O)NCc1ccccc1C. The molecule has 2 aromatic carbocycles. The number of amides is 1. The molecular weight excluding hydrogens is 286 g/mol. The second kappa shape index (κ2) is 7.82. The number of carbonyl (C=O) groups is 1. The maximum Gasteiger partial charge on any atom is 0.261 e. The number of hydrogen-bond acceptors (Lipinski definition) is 2. The molecule has 2 rings (SSSR count). The summed E-state index contributed by atoms with van der Waals surface area (Å²) in [6.07, 6.45) is 0.160. The summed E-state index contributed by atoms with van der Waals surface area (Å²) in [6, 6.07) is 14.1. The molecule has 0 heterocycles. The van der Waals surface area contributed by atoms with E-state index in [4.69, 9.17) is 4.74 Å². The van der Waals surface area contributed by atoms with Crippen molar-refractivity contribution in [3.63, 3.8) is 0 Å². The average Bonchev–Trinajstić information content (AvgIpc) is 2.53. The monoisotopic (exact) mass is 311 g/mol. The highest BCUT2D eigenvalue weighted by molar-refractivity contribution is 5.81. The Kier molecular flexibility index (Phi) is 5.80. The summed E-state index contributed by atoms with van der Waals surface area (Å²) >= 11 is 0. The molecule has 0 spiro atoms. The van der Waals surface area contributed by atoms with E-state index < -0.39 is 6.10 Å². The van der Waals surface area contributed by atoms with Crippen LogP contribution in [0.25, 0.3) is 0 Å². The summed E-state index contributed by atoms with van der Waals surface area (Å²) < 4.78 is 5.92. The Morgan fingerprint density at radius 2 is 1.83 bits per heavy atom. The van der Waals surface area contributed by atoms with Crippen molar-refractivity contribution in [2.45, 2.75) is 46.8 Å².